The van der Waals surface area contributed by atoms with Crippen molar-refractivity contribution in [1.29, 1.82) is 0 Å². The Kier molecular flexibility index (Phi) is 6.52. The summed E-state index contributed by atoms with van der Waals surface area (Å²) in [5.41, 5.74) is 0. The van der Waals surface area contributed by atoms with Crippen LogP contribution in [0.25, 0.3) is 0 Å². The van der Waals surface area contributed by atoms with Gasteiger partial charge in [-0.05, 0) is 44.2 Å². The van der Waals surface area contributed by atoms with Gasteiger partial charge in [-0.2, -0.15) is 0 Å². The van der Waals surface area contributed by atoms with Crippen LogP contribution < -0.4 is 10.6 Å². The van der Waals surface area contributed by atoms with Gasteiger partial charge in [0.2, 0.25) is 5.91 Å². The first-order valence-electron chi connectivity index (χ1n) is 6.75. The second-order valence-electron chi connectivity index (χ2n) is 5.35. The van der Waals surface area contributed by atoms with E-state index < -0.39 is 6.10 Å². The third-order valence-electron chi connectivity index (χ3n) is 3.52. The SMILES string of the molecule is CC(C)C(O)CNC(=O)CCC1CCNCC1. The summed E-state index contributed by atoms with van der Waals surface area (Å²) < 4.78 is 0. The molecule has 1 aliphatic heterocycles. The van der Waals surface area contributed by atoms with Gasteiger partial charge in [0.05, 0.1) is 6.10 Å². The van der Waals surface area contributed by atoms with E-state index in [9.17, 15) is 9.90 Å². The predicted octanol–water partition coefficient (Wildman–Crippen LogP) is 0.899. The lowest BCUT2D eigenvalue weighted by Gasteiger charge is -2.22. The van der Waals surface area contributed by atoms with Crippen LogP contribution in [0.1, 0.15) is 39.5 Å². The molecule has 0 aliphatic carbocycles. The Balaban J connectivity index is 2.08. The molecule has 0 aromatic rings. The summed E-state index contributed by atoms with van der Waals surface area (Å²) in [6, 6.07) is 0. The molecular weight excluding hydrogens is 216 g/mol. The number of aliphatic hydroxyl groups excluding tert-OH is 1. The number of amides is 1. The Morgan fingerprint density at radius 3 is 2.65 bits per heavy atom. The smallest absolute Gasteiger partial charge is 0.220 e. The van der Waals surface area contributed by atoms with Crippen LogP contribution in [0.3, 0.4) is 0 Å². The zero-order valence-corrected chi connectivity index (χ0v) is 11.0. The van der Waals surface area contributed by atoms with Crippen LogP contribution >= 0.6 is 0 Å². The van der Waals surface area contributed by atoms with Gasteiger partial charge in [0, 0.05) is 13.0 Å². The molecule has 17 heavy (non-hydrogen) atoms. The summed E-state index contributed by atoms with van der Waals surface area (Å²) in [6.07, 6.45) is 3.50. The molecule has 1 heterocycles. The molecule has 0 radical (unpaired) electrons. The van der Waals surface area contributed by atoms with Crippen LogP contribution in [0.5, 0.6) is 0 Å². The van der Waals surface area contributed by atoms with Crippen LogP contribution in [-0.4, -0.2) is 36.8 Å². The zero-order valence-electron chi connectivity index (χ0n) is 11.0. The van der Waals surface area contributed by atoms with Crippen molar-refractivity contribution in [1.82, 2.24) is 10.6 Å². The molecule has 1 saturated heterocycles. The van der Waals surface area contributed by atoms with Crippen molar-refractivity contribution in [2.75, 3.05) is 19.6 Å². The Labute approximate surface area is 104 Å². The number of carbonyl (C=O) groups is 1. The van der Waals surface area contributed by atoms with Gasteiger partial charge in [-0.3, -0.25) is 4.79 Å². The molecule has 1 rings (SSSR count). The predicted molar refractivity (Wildman–Crippen MR) is 68.7 cm³/mol. The number of nitrogens with one attached hydrogen (secondary N) is 2. The lowest BCUT2D eigenvalue weighted by Crippen LogP contribution is -2.35. The number of hydrogen-bond donors (Lipinski definition) is 3. The van der Waals surface area contributed by atoms with Crippen LogP contribution in [0.15, 0.2) is 0 Å². The number of aliphatic hydroxyl groups is 1. The summed E-state index contributed by atoms with van der Waals surface area (Å²) in [6.45, 7) is 6.44. The Morgan fingerprint density at radius 1 is 1.41 bits per heavy atom. The molecule has 1 fully saturated rings. The highest BCUT2D eigenvalue weighted by atomic mass is 16.3. The molecule has 1 atom stereocenters. The normalized spacial score (nSPS) is 19.3. The van der Waals surface area contributed by atoms with Gasteiger partial charge in [0.25, 0.3) is 0 Å². The van der Waals surface area contributed by atoms with Gasteiger partial charge in [-0.25, -0.2) is 0 Å². The van der Waals surface area contributed by atoms with Crippen molar-refractivity contribution >= 4 is 5.91 Å². The summed E-state index contributed by atoms with van der Waals surface area (Å²) in [7, 11) is 0. The zero-order chi connectivity index (χ0) is 12.7. The monoisotopic (exact) mass is 242 g/mol. The lowest BCUT2D eigenvalue weighted by molar-refractivity contribution is -0.122. The fraction of sp³-hybridized carbons (Fsp3) is 0.923. The summed E-state index contributed by atoms with van der Waals surface area (Å²) in [4.78, 5) is 11.6. The summed E-state index contributed by atoms with van der Waals surface area (Å²) in [5, 5.41) is 15.7. The topological polar surface area (TPSA) is 61.4 Å². The summed E-state index contributed by atoms with van der Waals surface area (Å²) >= 11 is 0. The van der Waals surface area contributed by atoms with E-state index in [0.29, 0.717) is 18.9 Å². The van der Waals surface area contributed by atoms with E-state index in [1.165, 1.54) is 12.8 Å². The van der Waals surface area contributed by atoms with Crippen molar-refractivity contribution in [3.05, 3.63) is 0 Å². The Bertz CT molecular complexity index is 225. The largest absolute Gasteiger partial charge is 0.391 e. The van der Waals surface area contributed by atoms with E-state index in [-0.39, 0.29) is 11.8 Å². The molecule has 100 valence electrons. The molecule has 0 spiro atoms. The van der Waals surface area contributed by atoms with Crippen LogP contribution in [0.4, 0.5) is 0 Å². The van der Waals surface area contributed by atoms with Crippen molar-refractivity contribution in [2.24, 2.45) is 11.8 Å². The maximum absolute atomic E-state index is 11.6. The average Bonchev–Trinajstić information content (AvgIpc) is 2.34. The van der Waals surface area contributed by atoms with Crippen LogP contribution in [0, 0.1) is 11.8 Å². The van der Waals surface area contributed by atoms with Crippen molar-refractivity contribution in [3.63, 3.8) is 0 Å². The average molecular weight is 242 g/mol. The van der Waals surface area contributed by atoms with E-state index in [1.54, 1.807) is 0 Å². The quantitative estimate of drug-likeness (QED) is 0.648. The third kappa shape index (κ3) is 6.03. The highest BCUT2D eigenvalue weighted by Crippen LogP contribution is 2.17. The van der Waals surface area contributed by atoms with Gasteiger partial charge in [0.1, 0.15) is 0 Å². The minimum Gasteiger partial charge on any atom is -0.391 e. The first-order valence-corrected chi connectivity index (χ1v) is 6.75. The van der Waals surface area contributed by atoms with E-state index in [2.05, 4.69) is 10.6 Å². The first kappa shape index (κ1) is 14.5. The van der Waals surface area contributed by atoms with Crippen molar-refractivity contribution in [2.45, 2.75) is 45.6 Å². The molecule has 0 bridgehead atoms. The molecule has 4 nitrogen and oxygen atoms in total. The minimum atomic E-state index is -0.433. The second kappa shape index (κ2) is 7.67. The van der Waals surface area contributed by atoms with E-state index in [0.717, 1.165) is 19.5 Å². The fourth-order valence-corrected chi connectivity index (χ4v) is 2.05. The van der Waals surface area contributed by atoms with Gasteiger partial charge < -0.3 is 15.7 Å². The minimum absolute atomic E-state index is 0.0724. The van der Waals surface area contributed by atoms with Crippen LogP contribution in [0.2, 0.25) is 0 Å². The maximum atomic E-state index is 11.6. The first-order chi connectivity index (χ1) is 8.09. The molecular formula is C13H26N2O2. The number of piperidine rings is 1. The molecule has 0 saturated carbocycles. The highest BCUT2D eigenvalue weighted by Gasteiger charge is 2.15. The van der Waals surface area contributed by atoms with Crippen LogP contribution in [-0.2, 0) is 4.79 Å². The molecule has 1 amide bonds. The Hall–Kier alpha value is -0.610. The van der Waals surface area contributed by atoms with E-state index in [4.69, 9.17) is 0 Å². The van der Waals surface area contributed by atoms with E-state index in [1.807, 2.05) is 13.8 Å². The van der Waals surface area contributed by atoms with E-state index >= 15 is 0 Å². The maximum Gasteiger partial charge on any atom is 0.220 e. The number of rotatable bonds is 6. The standard InChI is InChI=1S/C13H26N2O2/c1-10(2)12(16)9-15-13(17)4-3-11-5-7-14-8-6-11/h10-12,14,16H,3-9H2,1-2H3,(H,15,17). The van der Waals surface area contributed by atoms with Gasteiger partial charge >= 0.3 is 0 Å². The third-order valence-corrected chi connectivity index (χ3v) is 3.52. The molecule has 0 aromatic heterocycles. The lowest BCUT2D eigenvalue weighted by atomic mass is 9.93. The highest BCUT2D eigenvalue weighted by molar-refractivity contribution is 5.75. The van der Waals surface area contributed by atoms with Gasteiger partial charge in [-0.1, -0.05) is 13.8 Å². The second-order valence-corrected chi connectivity index (χ2v) is 5.35. The van der Waals surface area contributed by atoms with Gasteiger partial charge in [-0.15, -0.1) is 0 Å². The number of hydrogen-bond acceptors (Lipinski definition) is 3. The van der Waals surface area contributed by atoms with Crippen molar-refractivity contribution in [3.8, 4) is 0 Å². The molecule has 0 aromatic carbocycles. The molecule has 1 unspecified atom stereocenters. The fourth-order valence-electron chi connectivity index (χ4n) is 2.05. The molecule has 3 N–H and O–H groups in total. The Morgan fingerprint density at radius 2 is 2.06 bits per heavy atom. The molecule has 4 heteroatoms. The summed E-state index contributed by atoms with van der Waals surface area (Å²) in [5.74, 6) is 0.958. The number of carbonyl (C=O) groups excluding carboxylic acids is 1. The van der Waals surface area contributed by atoms with Gasteiger partial charge in [0.15, 0.2) is 0 Å². The van der Waals surface area contributed by atoms with Crippen molar-refractivity contribution < 1.29 is 9.90 Å². The molecule has 1 aliphatic rings.